The first-order valence-electron chi connectivity index (χ1n) is 24.9. The van der Waals surface area contributed by atoms with Crippen LogP contribution in [0, 0.1) is 23.7 Å². The lowest BCUT2D eigenvalue weighted by atomic mass is 10.0. The van der Waals surface area contributed by atoms with Gasteiger partial charge in [-0.05, 0) is 102 Å². The van der Waals surface area contributed by atoms with Crippen LogP contribution in [0.25, 0.3) is 11.1 Å². The summed E-state index contributed by atoms with van der Waals surface area (Å²) in [5, 5.41) is 27.2. The maximum atomic E-state index is 13.9. The van der Waals surface area contributed by atoms with E-state index in [9.17, 15) is 55.5 Å². The van der Waals surface area contributed by atoms with Gasteiger partial charge in [0.2, 0.25) is 27.6 Å². The number of nitrogens with one attached hydrogen (secondary N) is 8. The number of benzene rings is 4. The number of rotatable bonds is 25. The Balaban J connectivity index is 1.08. The standard InChI is InChI=1S/C53H66N8O13S2/c1-8-42(44(62)46(64)60-75(70,71)38-21-14-11-15-22-38)56-49(67)53(28-41(53)32(5)6)59-51(69)55-30-34-19-16-20-35(23-34)36-24-37(74-7)26-39(25-36)76(72,73)61-47(65)45(63)43(9-2)57-48(66)52(27-40(52)31(3)4)58-50(68)54-29-33-17-12-10-13-18-33/h10-26,31-32,40-43,47,61,65H,8-9,27-30H2,1-7H3,(H,56,67)(H,57,66)(H,60,64)(H2,54,58,68)(H2,55,59,69). The lowest BCUT2D eigenvalue weighted by Gasteiger charge is -2.25. The molecule has 0 bridgehead atoms. The Labute approximate surface area is 442 Å². The van der Waals surface area contributed by atoms with Crippen LogP contribution in [-0.4, -0.2) is 99.8 Å². The van der Waals surface area contributed by atoms with Gasteiger partial charge in [0.15, 0.2) is 12.0 Å². The van der Waals surface area contributed by atoms with Gasteiger partial charge >= 0.3 is 18.0 Å². The van der Waals surface area contributed by atoms with Gasteiger partial charge < -0.3 is 41.7 Å². The summed E-state index contributed by atoms with van der Waals surface area (Å²) >= 11 is 0. The summed E-state index contributed by atoms with van der Waals surface area (Å²) in [6.07, 6.45) is -1.87. The molecule has 0 heterocycles. The number of ketones is 2. The molecule has 0 spiro atoms. The molecule has 2 aliphatic rings. The molecule has 0 saturated heterocycles. The first-order chi connectivity index (χ1) is 35.9. The molecule has 76 heavy (non-hydrogen) atoms. The summed E-state index contributed by atoms with van der Waals surface area (Å²) < 4.78 is 62.3. The Morgan fingerprint density at radius 1 is 0.618 bits per heavy atom. The van der Waals surface area contributed by atoms with E-state index in [0.717, 1.165) is 5.56 Å². The van der Waals surface area contributed by atoms with E-state index < -0.39 is 90.8 Å². The van der Waals surface area contributed by atoms with Crippen LogP contribution in [0.5, 0.6) is 5.75 Å². The second-order valence-electron chi connectivity index (χ2n) is 19.7. The lowest BCUT2D eigenvalue weighted by molar-refractivity contribution is -0.139. The van der Waals surface area contributed by atoms with E-state index in [1.807, 2.05) is 62.7 Å². The third-order valence-corrected chi connectivity index (χ3v) is 16.4. The predicted octanol–water partition coefficient (Wildman–Crippen LogP) is 3.52. The largest absolute Gasteiger partial charge is 0.497 e. The molecule has 0 aromatic heterocycles. The quantitative estimate of drug-likeness (QED) is 0.0340. The third kappa shape index (κ3) is 13.8. The highest BCUT2D eigenvalue weighted by Gasteiger charge is 2.63. The number of aliphatic hydroxyl groups is 1. The van der Waals surface area contributed by atoms with E-state index in [1.165, 1.54) is 50.4 Å². The Morgan fingerprint density at radius 3 is 1.64 bits per heavy atom. The van der Waals surface area contributed by atoms with Crippen molar-refractivity contribution in [3.63, 3.8) is 0 Å². The molecule has 6 rings (SSSR count). The third-order valence-electron chi connectivity index (χ3n) is 13.7. The zero-order valence-corrected chi connectivity index (χ0v) is 44.9. The molecule has 23 heteroatoms. The number of carbonyl (C=O) groups is 7. The topological polar surface area (TPSA) is 313 Å². The van der Waals surface area contributed by atoms with Crippen LogP contribution in [0.15, 0.2) is 113 Å². The van der Waals surface area contributed by atoms with Gasteiger partial charge in [-0.1, -0.05) is 108 Å². The smallest absolute Gasteiger partial charge is 0.315 e. The van der Waals surface area contributed by atoms with Crippen LogP contribution in [-0.2, 0) is 57.1 Å². The minimum absolute atomic E-state index is 0.0165. The van der Waals surface area contributed by atoms with Crippen molar-refractivity contribution in [3.05, 3.63) is 114 Å². The second-order valence-corrected chi connectivity index (χ2v) is 23.1. The molecule has 9 N–H and O–H groups in total. The van der Waals surface area contributed by atoms with Crippen molar-refractivity contribution in [2.45, 2.75) is 119 Å². The molecule has 0 aliphatic heterocycles. The van der Waals surface area contributed by atoms with Crippen molar-refractivity contribution in [2.75, 3.05) is 7.11 Å². The first-order valence-corrected chi connectivity index (χ1v) is 27.8. The number of methoxy groups -OCH3 is 1. The number of urea groups is 2. The minimum atomic E-state index is -4.66. The van der Waals surface area contributed by atoms with Gasteiger partial charge in [0.05, 0.1) is 29.0 Å². The maximum absolute atomic E-state index is 13.9. The molecule has 7 unspecified atom stereocenters. The normalized spacial score (nSPS) is 20.0. The summed E-state index contributed by atoms with van der Waals surface area (Å²) in [6.45, 7) is 10.8. The predicted molar refractivity (Wildman–Crippen MR) is 280 cm³/mol. The van der Waals surface area contributed by atoms with Crippen LogP contribution in [0.3, 0.4) is 0 Å². The number of carbonyl (C=O) groups excluding carboxylic acids is 7. The summed E-state index contributed by atoms with van der Waals surface area (Å²) in [7, 11) is -7.72. The van der Waals surface area contributed by atoms with Crippen LogP contribution in [0.1, 0.15) is 78.4 Å². The van der Waals surface area contributed by atoms with E-state index in [1.54, 1.807) is 48.0 Å². The fourth-order valence-corrected chi connectivity index (χ4v) is 11.3. The summed E-state index contributed by atoms with van der Waals surface area (Å²) in [4.78, 5) is 93.2. The second kappa shape index (κ2) is 24.2. The van der Waals surface area contributed by atoms with Crippen molar-refractivity contribution in [2.24, 2.45) is 23.7 Å². The van der Waals surface area contributed by atoms with E-state index in [4.69, 9.17) is 4.74 Å². The zero-order valence-electron chi connectivity index (χ0n) is 43.3. The Kier molecular flexibility index (Phi) is 18.5. The summed E-state index contributed by atoms with van der Waals surface area (Å²) in [6, 6.07) is 22.8. The molecular weight excluding hydrogens is 1020 g/mol. The first kappa shape index (κ1) is 58.1. The van der Waals surface area contributed by atoms with Gasteiger partial charge in [-0.15, -0.1) is 0 Å². The highest BCUT2D eigenvalue weighted by atomic mass is 32.2. The SMILES string of the molecule is CCC(NC(=O)C1(NC(=O)NCc2cccc(-c3cc(OC)cc(S(=O)(=O)NC(O)C(=O)C(CC)NC(=O)C4(NC(=O)NCc5ccccc5)CC4C(C)C)c3)c2)CC1C(C)C)C(=O)C(=O)NS(=O)(=O)c1ccccc1. The zero-order chi connectivity index (χ0) is 55.8. The van der Waals surface area contributed by atoms with E-state index in [0.29, 0.717) is 23.1 Å². The van der Waals surface area contributed by atoms with E-state index >= 15 is 0 Å². The molecular formula is C53H66N8O13S2. The van der Waals surface area contributed by atoms with Crippen molar-refractivity contribution in [1.29, 1.82) is 0 Å². The van der Waals surface area contributed by atoms with Crippen molar-refractivity contribution in [1.82, 2.24) is 41.3 Å². The molecule has 2 saturated carbocycles. The van der Waals surface area contributed by atoms with Crippen LogP contribution >= 0.6 is 0 Å². The molecule has 7 amide bonds. The number of Topliss-reactive ketones (excluding diaryl/α,β-unsaturated/α-hetero) is 2. The van der Waals surface area contributed by atoms with E-state index in [-0.39, 0.29) is 71.6 Å². The van der Waals surface area contributed by atoms with Crippen molar-refractivity contribution < 1.29 is 60.2 Å². The molecule has 21 nitrogen and oxygen atoms in total. The van der Waals surface area contributed by atoms with Crippen LogP contribution in [0.4, 0.5) is 9.59 Å². The highest BCUT2D eigenvalue weighted by Crippen LogP contribution is 2.49. The Bertz CT molecular complexity index is 3050. The van der Waals surface area contributed by atoms with Crippen molar-refractivity contribution in [3.8, 4) is 16.9 Å². The van der Waals surface area contributed by atoms with Gasteiger partial charge in [-0.2, -0.15) is 4.72 Å². The molecule has 4 aromatic rings. The van der Waals surface area contributed by atoms with Gasteiger partial charge in [0, 0.05) is 19.2 Å². The maximum Gasteiger partial charge on any atom is 0.315 e. The summed E-state index contributed by atoms with van der Waals surface area (Å²) in [5.41, 5.74) is -0.601. The molecule has 7 atom stereocenters. The van der Waals surface area contributed by atoms with Crippen LogP contribution < -0.4 is 46.1 Å². The lowest BCUT2D eigenvalue weighted by Crippen LogP contribution is -2.58. The summed E-state index contributed by atoms with van der Waals surface area (Å²) in [5.74, 6) is -5.66. The highest BCUT2D eigenvalue weighted by molar-refractivity contribution is 7.90. The average Bonchev–Trinajstić information content (AvgIpc) is 4.33. The van der Waals surface area contributed by atoms with Gasteiger partial charge in [0.1, 0.15) is 16.8 Å². The van der Waals surface area contributed by atoms with Gasteiger partial charge in [-0.25, -0.2) is 31.1 Å². The Morgan fingerprint density at radius 2 is 1.13 bits per heavy atom. The number of hydrogen-bond donors (Lipinski definition) is 9. The number of hydrogen-bond acceptors (Lipinski definition) is 13. The number of sulfonamides is 2. The minimum Gasteiger partial charge on any atom is -0.497 e. The number of aliphatic hydroxyl groups excluding tert-OH is 1. The monoisotopic (exact) mass is 1090 g/mol. The molecule has 4 aromatic carbocycles. The molecule has 408 valence electrons. The Hall–Kier alpha value is -7.21. The fraction of sp³-hybridized carbons (Fsp3) is 0.415. The van der Waals surface area contributed by atoms with Crippen molar-refractivity contribution >= 4 is 61.4 Å². The average molecular weight is 1090 g/mol. The van der Waals surface area contributed by atoms with Crippen LogP contribution in [0.2, 0.25) is 0 Å². The van der Waals surface area contributed by atoms with Gasteiger partial charge in [-0.3, -0.25) is 24.0 Å². The molecule has 2 aliphatic carbocycles. The molecule has 0 radical (unpaired) electrons. The van der Waals surface area contributed by atoms with E-state index in [2.05, 4.69) is 31.9 Å². The molecule has 2 fully saturated rings. The van der Waals surface area contributed by atoms with Gasteiger partial charge in [0.25, 0.3) is 10.0 Å². The fourth-order valence-electron chi connectivity index (χ4n) is 9.19. The number of amides is 7. The number of ether oxygens (including phenoxy) is 1.